The summed E-state index contributed by atoms with van der Waals surface area (Å²) in [6.45, 7) is 8.79. The molecule has 0 bridgehead atoms. The van der Waals surface area contributed by atoms with Crippen LogP contribution in [0.25, 0.3) is 0 Å². The van der Waals surface area contributed by atoms with Crippen LogP contribution in [0.3, 0.4) is 0 Å². The first-order valence-electron chi connectivity index (χ1n) is 7.24. The molecule has 4 nitrogen and oxygen atoms in total. The first-order chi connectivity index (χ1) is 9.45. The van der Waals surface area contributed by atoms with Gasteiger partial charge in [-0.2, -0.15) is 0 Å². The van der Waals surface area contributed by atoms with E-state index in [4.69, 9.17) is 10.5 Å². The molecule has 0 saturated carbocycles. The molecule has 0 spiro atoms. The molecule has 0 radical (unpaired) electrons. The average molecular weight is 278 g/mol. The summed E-state index contributed by atoms with van der Waals surface area (Å²) in [7, 11) is 0. The standard InChI is InChI=1S/C16H26N2O2/c1-5-12(4)15(17)16(19)18-13-8-6-7-9-14(13)20-10-11(2)3/h6-9,11-12,15H,5,10,17H2,1-4H3,(H,18,19)/t12?,15-/m0/s1. The molecule has 1 unspecified atom stereocenters. The van der Waals surface area contributed by atoms with Crippen LogP contribution in [0.4, 0.5) is 5.69 Å². The number of para-hydroxylation sites is 2. The molecule has 1 aromatic carbocycles. The summed E-state index contributed by atoms with van der Waals surface area (Å²) in [4.78, 5) is 12.1. The summed E-state index contributed by atoms with van der Waals surface area (Å²) in [6.07, 6.45) is 0.875. The summed E-state index contributed by atoms with van der Waals surface area (Å²) < 4.78 is 5.71. The number of carbonyl (C=O) groups excluding carboxylic acids is 1. The molecular formula is C16H26N2O2. The van der Waals surface area contributed by atoms with Crippen LogP contribution in [0.1, 0.15) is 34.1 Å². The number of nitrogens with two attached hydrogens (primary N) is 1. The molecule has 0 saturated heterocycles. The Balaban J connectivity index is 2.74. The Morgan fingerprint density at radius 2 is 1.95 bits per heavy atom. The Labute approximate surface area is 121 Å². The number of hydrogen-bond acceptors (Lipinski definition) is 3. The molecule has 0 heterocycles. The molecule has 1 rings (SSSR count). The molecule has 4 heteroatoms. The third-order valence-electron chi connectivity index (χ3n) is 3.28. The van der Waals surface area contributed by atoms with Crippen molar-refractivity contribution in [3.8, 4) is 5.75 Å². The van der Waals surface area contributed by atoms with Gasteiger partial charge in [0.15, 0.2) is 0 Å². The van der Waals surface area contributed by atoms with E-state index in [9.17, 15) is 4.79 Å². The maximum absolute atomic E-state index is 12.1. The third-order valence-corrected chi connectivity index (χ3v) is 3.28. The first-order valence-corrected chi connectivity index (χ1v) is 7.24. The second-order valence-electron chi connectivity index (χ2n) is 5.60. The minimum Gasteiger partial charge on any atom is -0.491 e. The van der Waals surface area contributed by atoms with Crippen molar-refractivity contribution < 1.29 is 9.53 Å². The van der Waals surface area contributed by atoms with Gasteiger partial charge in [-0.3, -0.25) is 4.79 Å². The molecule has 1 aromatic rings. The molecule has 2 atom stereocenters. The molecule has 20 heavy (non-hydrogen) atoms. The Morgan fingerprint density at radius 3 is 2.55 bits per heavy atom. The highest BCUT2D eigenvalue weighted by Gasteiger charge is 2.20. The van der Waals surface area contributed by atoms with E-state index in [1.165, 1.54) is 0 Å². The van der Waals surface area contributed by atoms with E-state index in [0.717, 1.165) is 6.42 Å². The van der Waals surface area contributed by atoms with Crippen LogP contribution < -0.4 is 15.8 Å². The van der Waals surface area contributed by atoms with Gasteiger partial charge in [0.05, 0.1) is 18.3 Å². The summed E-state index contributed by atoms with van der Waals surface area (Å²) in [6, 6.07) is 6.94. The maximum Gasteiger partial charge on any atom is 0.241 e. The maximum atomic E-state index is 12.1. The highest BCUT2D eigenvalue weighted by molar-refractivity contribution is 5.96. The van der Waals surface area contributed by atoms with Gasteiger partial charge in [-0.05, 0) is 24.0 Å². The monoisotopic (exact) mass is 278 g/mol. The van der Waals surface area contributed by atoms with Gasteiger partial charge in [0.25, 0.3) is 0 Å². The minimum atomic E-state index is -0.502. The molecule has 0 aliphatic heterocycles. The van der Waals surface area contributed by atoms with Gasteiger partial charge in [-0.25, -0.2) is 0 Å². The van der Waals surface area contributed by atoms with E-state index in [1.54, 1.807) is 0 Å². The summed E-state index contributed by atoms with van der Waals surface area (Å²) in [5.41, 5.74) is 6.62. The van der Waals surface area contributed by atoms with E-state index >= 15 is 0 Å². The van der Waals surface area contributed by atoms with Crippen molar-refractivity contribution in [3.63, 3.8) is 0 Å². The second kappa shape index (κ2) is 7.90. The third kappa shape index (κ3) is 4.85. The predicted octanol–water partition coefficient (Wildman–Crippen LogP) is 3.03. The van der Waals surface area contributed by atoms with Gasteiger partial charge in [-0.1, -0.05) is 46.2 Å². The van der Waals surface area contributed by atoms with Crippen molar-refractivity contribution in [2.24, 2.45) is 17.6 Å². The van der Waals surface area contributed by atoms with Crippen LogP contribution in [-0.2, 0) is 4.79 Å². The average Bonchev–Trinajstić information content (AvgIpc) is 2.44. The van der Waals surface area contributed by atoms with E-state index in [1.807, 2.05) is 38.1 Å². The SMILES string of the molecule is CCC(C)[C@H](N)C(=O)Nc1ccccc1OCC(C)C. The van der Waals surface area contributed by atoms with Crippen molar-refractivity contribution in [3.05, 3.63) is 24.3 Å². The zero-order valence-corrected chi connectivity index (χ0v) is 12.8. The van der Waals surface area contributed by atoms with Gasteiger partial charge >= 0.3 is 0 Å². The van der Waals surface area contributed by atoms with Gasteiger partial charge in [0, 0.05) is 0 Å². The second-order valence-corrected chi connectivity index (χ2v) is 5.60. The number of amides is 1. The molecule has 0 aromatic heterocycles. The summed E-state index contributed by atoms with van der Waals surface area (Å²) >= 11 is 0. The number of nitrogens with one attached hydrogen (secondary N) is 1. The van der Waals surface area contributed by atoms with Crippen LogP contribution in [0.5, 0.6) is 5.75 Å². The van der Waals surface area contributed by atoms with Crippen LogP contribution >= 0.6 is 0 Å². The van der Waals surface area contributed by atoms with Gasteiger partial charge in [0.1, 0.15) is 5.75 Å². The minimum absolute atomic E-state index is 0.152. The normalized spacial score (nSPS) is 13.9. The highest BCUT2D eigenvalue weighted by atomic mass is 16.5. The Hall–Kier alpha value is -1.55. The summed E-state index contributed by atoms with van der Waals surface area (Å²) in [5.74, 6) is 1.10. The molecule has 3 N–H and O–H groups in total. The Morgan fingerprint density at radius 1 is 1.30 bits per heavy atom. The van der Waals surface area contributed by atoms with Gasteiger partial charge in [-0.15, -0.1) is 0 Å². The van der Waals surface area contributed by atoms with Crippen molar-refractivity contribution in [1.29, 1.82) is 0 Å². The van der Waals surface area contributed by atoms with Crippen molar-refractivity contribution in [1.82, 2.24) is 0 Å². The zero-order chi connectivity index (χ0) is 15.1. The van der Waals surface area contributed by atoms with Gasteiger partial charge in [0.2, 0.25) is 5.91 Å². The fraction of sp³-hybridized carbons (Fsp3) is 0.562. The zero-order valence-electron chi connectivity index (χ0n) is 12.8. The molecule has 0 aliphatic rings. The molecular weight excluding hydrogens is 252 g/mol. The lowest BCUT2D eigenvalue weighted by Crippen LogP contribution is -2.40. The lowest BCUT2D eigenvalue weighted by molar-refractivity contribution is -0.118. The van der Waals surface area contributed by atoms with Gasteiger partial charge < -0.3 is 15.8 Å². The molecule has 112 valence electrons. The van der Waals surface area contributed by atoms with Crippen LogP contribution in [0.2, 0.25) is 0 Å². The van der Waals surface area contributed by atoms with Crippen molar-refractivity contribution in [2.45, 2.75) is 40.2 Å². The van der Waals surface area contributed by atoms with E-state index in [2.05, 4.69) is 19.2 Å². The largest absolute Gasteiger partial charge is 0.491 e. The van der Waals surface area contributed by atoms with E-state index in [0.29, 0.717) is 24.0 Å². The predicted molar refractivity (Wildman–Crippen MR) is 82.8 cm³/mol. The van der Waals surface area contributed by atoms with Crippen molar-refractivity contribution in [2.75, 3.05) is 11.9 Å². The quantitative estimate of drug-likeness (QED) is 0.805. The van der Waals surface area contributed by atoms with Crippen molar-refractivity contribution >= 4 is 11.6 Å². The Bertz CT molecular complexity index is 432. The fourth-order valence-corrected chi connectivity index (χ4v) is 1.68. The smallest absolute Gasteiger partial charge is 0.241 e. The number of carbonyl (C=O) groups is 1. The molecule has 1 amide bonds. The lowest BCUT2D eigenvalue weighted by Gasteiger charge is -2.19. The number of hydrogen-bond donors (Lipinski definition) is 2. The number of anilines is 1. The first kappa shape index (κ1) is 16.5. The number of ether oxygens (including phenoxy) is 1. The van der Waals surface area contributed by atoms with Crippen LogP contribution in [0, 0.1) is 11.8 Å². The van der Waals surface area contributed by atoms with E-state index < -0.39 is 6.04 Å². The highest BCUT2D eigenvalue weighted by Crippen LogP contribution is 2.24. The molecule has 0 fully saturated rings. The lowest BCUT2D eigenvalue weighted by atomic mass is 9.99. The molecule has 0 aliphatic carbocycles. The topological polar surface area (TPSA) is 64.4 Å². The number of rotatable bonds is 7. The van der Waals surface area contributed by atoms with E-state index in [-0.39, 0.29) is 11.8 Å². The van der Waals surface area contributed by atoms with Crippen LogP contribution in [0.15, 0.2) is 24.3 Å². The number of benzene rings is 1. The fourth-order valence-electron chi connectivity index (χ4n) is 1.68. The van der Waals surface area contributed by atoms with Crippen LogP contribution in [-0.4, -0.2) is 18.6 Å². The Kier molecular flexibility index (Phi) is 6.52. The summed E-state index contributed by atoms with van der Waals surface area (Å²) in [5, 5.41) is 2.86.